The second-order valence-electron chi connectivity index (χ2n) is 6.08. The van der Waals surface area contributed by atoms with Crippen LogP contribution >= 0.6 is 27.7 Å². The molecule has 1 amide bonds. The number of aromatic nitrogens is 2. The van der Waals surface area contributed by atoms with Gasteiger partial charge in [0.2, 0.25) is 5.91 Å². The molecule has 0 bridgehead atoms. The number of hydrogen-bond acceptors (Lipinski definition) is 6. The topological polar surface area (TPSA) is 82.5 Å². The van der Waals surface area contributed by atoms with Gasteiger partial charge in [0, 0.05) is 15.4 Å². The summed E-state index contributed by atoms with van der Waals surface area (Å²) in [5, 5.41) is 3.31. The van der Waals surface area contributed by atoms with Crippen molar-refractivity contribution in [3.05, 3.63) is 51.5 Å². The molecule has 28 heavy (non-hydrogen) atoms. The number of carbonyl (C=O) groups is 1. The van der Waals surface area contributed by atoms with Gasteiger partial charge < -0.3 is 14.8 Å². The van der Waals surface area contributed by atoms with Crippen LogP contribution in [0.15, 0.2) is 50.8 Å². The van der Waals surface area contributed by atoms with E-state index in [1.807, 2.05) is 18.4 Å². The highest BCUT2D eigenvalue weighted by Gasteiger charge is 2.17. The van der Waals surface area contributed by atoms with Crippen LogP contribution in [-0.4, -0.2) is 34.9 Å². The van der Waals surface area contributed by atoms with Gasteiger partial charge in [0.25, 0.3) is 5.56 Å². The number of carbonyl (C=O) groups excluding carboxylic acids is 1. The van der Waals surface area contributed by atoms with Crippen LogP contribution in [0, 0.1) is 0 Å². The van der Waals surface area contributed by atoms with Crippen molar-refractivity contribution in [2.75, 3.05) is 24.8 Å². The highest BCUT2D eigenvalue weighted by Crippen LogP contribution is 2.39. The fourth-order valence-electron chi connectivity index (χ4n) is 2.92. The van der Waals surface area contributed by atoms with E-state index in [9.17, 15) is 9.59 Å². The number of amides is 1. The van der Waals surface area contributed by atoms with Crippen LogP contribution in [0.3, 0.4) is 0 Å². The molecule has 2 aromatic carbocycles. The fraction of sp³-hybridized carbons (Fsp3) is 0.211. The summed E-state index contributed by atoms with van der Waals surface area (Å²) in [4.78, 5) is 30.4. The summed E-state index contributed by atoms with van der Waals surface area (Å²) in [6, 6.07) is 8.86. The SMILES string of the molecule is CSc1cc2c(cc1NC(=O)Cn1cnc3ccc(Br)cc3c1=O)OCCO2. The summed E-state index contributed by atoms with van der Waals surface area (Å²) in [6.07, 6.45) is 3.30. The maximum Gasteiger partial charge on any atom is 0.261 e. The third kappa shape index (κ3) is 3.72. The number of halogens is 1. The van der Waals surface area contributed by atoms with E-state index in [1.54, 1.807) is 18.2 Å². The predicted octanol–water partition coefficient (Wildman–Crippen LogP) is 3.29. The molecule has 1 aliphatic rings. The Morgan fingerprint density at radius 3 is 2.75 bits per heavy atom. The molecule has 0 unspecified atom stereocenters. The van der Waals surface area contributed by atoms with Gasteiger partial charge in [-0.3, -0.25) is 14.2 Å². The number of hydrogen-bond donors (Lipinski definition) is 1. The average molecular weight is 462 g/mol. The van der Waals surface area contributed by atoms with Gasteiger partial charge in [-0.2, -0.15) is 0 Å². The molecule has 0 spiro atoms. The van der Waals surface area contributed by atoms with Gasteiger partial charge >= 0.3 is 0 Å². The molecule has 9 heteroatoms. The zero-order valence-electron chi connectivity index (χ0n) is 14.9. The van der Waals surface area contributed by atoms with Crippen molar-refractivity contribution >= 4 is 50.2 Å². The molecule has 0 aliphatic carbocycles. The van der Waals surface area contributed by atoms with Gasteiger partial charge in [0.05, 0.1) is 22.9 Å². The van der Waals surface area contributed by atoms with E-state index in [1.165, 1.54) is 22.7 Å². The number of thioether (sulfide) groups is 1. The van der Waals surface area contributed by atoms with E-state index in [4.69, 9.17) is 9.47 Å². The fourth-order valence-corrected chi connectivity index (χ4v) is 3.84. The van der Waals surface area contributed by atoms with Crippen LogP contribution in [0.4, 0.5) is 5.69 Å². The van der Waals surface area contributed by atoms with Crippen molar-refractivity contribution in [3.63, 3.8) is 0 Å². The lowest BCUT2D eigenvalue weighted by atomic mass is 10.2. The lowest BCUT2D eigenvalue weighted by molar-refractivity contribution is -0.116. The van der Waals surface area contributed by atoms with E-state index in [-0.39, 0.29) is 18.0 Å². The Bertz CT molecular complexity index is 1130. The van der Waals surface area contributed by atoms with Gasteiger partial charge in [0.1, 0.15) is 19.8 Å². The van der Waals surface area contributed by atoms with Crippen LogP contribution in [0.2, 0.25) is 0 Å². The largest absolute Gasteiger partial charge is 0.486 e. The Balaban J connectivity index is 1.59. The van der Waals surface area contributed by atoms with Crippen LogP contribution in [0.5, 0.6) is 11.5 Å². The second-order valence-corrected chi connectivity index (χ2v) is 7.85. The number of rotatable bonds is 4. The number of fused-ring (bicyclic) bond motifs is 2. The summed E-state index contributed by atoms with van der Waals surface area (Å²) in [5.74, 6) is 0.924. The lowest BCUT2D eigenvalue weighted by Gasteiger charge is -2.21. The third-order valence-electron chi connectivity index (χ3n) is 4.24. The number of nitrogens with one attached hydrogen (secondary N) is 1. The standard InChI is InChI=1S/C19H16BrN3O4S/c1-28-17-8-16-15(26-4-5-27-16)7-14(17)22-18(24)9-23-10-21-13-3-2-11(20)6-12(13)19(23)25/h2-3,6-8,10H,4-5,9H2,1H3,(H,22,24). The van der Waals surface area contributed by atoms with Gasteiger partial charge in [-0.25, -0.2) is 4.98 Å². The zero-order chi connectivity index (χ0) is 19.7. The van der Waals surface area contributed by atoms with Crippen LogP contribution in [-0.2, 0) is 11.3 Å². The number of nitrogens with zero attached hydrogens (tertiary/aromatic N) is 2. The Morgan fingerprint density at radius 2 is 2.00 bits per heavy atom. The van der Waals surface area contributed by atoms with Gasteiger partial charge in [-0.1, -0.05) is 15.9 Å². The molecular weight excluding hydrogens is 446 g/mol. The third-order valence-corrected chi connectivity index (χ3v) is 5.51. The minimum Gasteiger partial charge on any atom is -0.486 e. The first-order chi connectivity index (χ1) is 13.5. The monoisotopic (exact) mass is 461 g/mol. The molecule has 2 heterocycles. The summed E-state index contributed by atoms with van der Waals surface area (Å²) in [7, 11) is 0. The summed E-state index contributed by atoms with van der Waals surface area (Å²) in [6.45, 7) is 0.823. The van der Waals surface area contributed by atoms with Crippen molar-refractivity contribution in [1.29, 1.82) is 0 Å². The Labute approximate surface area is 173 Å². The summed E-state index contributed by atoms with van der Waals surface area (Å²) < 4.78 is 13.2. The molecule has 0 fully saturated rings. The molecule has 0 atom stereocenters. The van der Waals surface area contributed by atoms with Crippen LogP contribution in [0.1, 0.15) is 0 Å². The molecular formula is C19H16BrN3O4S. The maximum absolute atomic E-state index is 12.7. The zero-order valence-corrected chi connectivity index (χ0v) is 17.3. The van der Waals surface area contributed by atoms with Crippen LogP contribution in [0.25, 0.3) is 10.9 Å². The van der Waals surface area contributed by atoms with Gasteiger partial charge in [-0.05, 0) is 30.5 Å². The molecule has 0 saturated carbocycles. The Kier molecular flexibility index (Phi) is 5.27. The Morgan fingerprint density at radius 1 is 1.25 bits per heavy atom. The van der Waals surface area contributed by atoms with E-state index >= 15 is 0 Å². The number of benzene rings is 2. The molecule has 4 rings (SSSR count). The number of ether oxygens (including phenoxy) is 2. The first kappa shape index (κ1) is 18.8. The molecule has 0 radical (unpaired) electrons. The minimum absolute atomic E-state index is 0.142. The normalized spacial score (nSPS) is 12.8. The summed E-state index contributed by atoms with van der Waals surface area (Å²) in [5.41, 5.74) is 0.932. The van der Waals surface area contributed by atoms with E-state index < -0.39 is 0 Å². The average Bonchev–Trinajstić information content (AvgIpc) is 2.70. The van der Waals surface area contributed by atoms with E-state index in [2.05, 4.69) is 26.2 Å². The molecule has 144 valence electrons. The highest BCUT2D eigenvalue weighted by atomic mass is 79.9. The van der Waals surface area contributed by atoms with Crippen molar-refractivity contribution in [1.82, 2.24) is 9.55 Å². The summed E-state index contributed by atoms with van der Waals surface area (Å²) >= 11 is 4.84. The molecule has 3 aromatic rings. The van der Waals surface area contributed by atoms with Crippen molar-refractivity contribution in [3.8, 4) is 11.5 Å². The predicted molar refractivity (Wildman–Crippen MR) is 112 cm³/mol. The van der Waals surface area contributed by atoms with Gasteiger partial charge in [-0.15, -0.1) is 11.8 Å². The van der Waals surface area contributed by atoms with E-state index in [0.717, 1.165) is 9.37 Å². The van der Waals surface area contributed by atoms with Crippen molar-refractivity contribution in [2.45, 2.75) is 11.4 Å². The molecule has 1 aromatic heterocycles. The van der Waals surface area contributed by atoms with Crippen molar-refractivity contribution < 1.29 is 14.3 Å². The molecule has 0 saturated heterocycles. The molecule has 1 aliphatic heterocycles. The number of anilines is 1. The van der Waals surface area contributed by atoms with Crippen molar-refractivity contribution in [2.24, 2.45) is 0 Å². The maximum atomic E-state index is 12.7. The first-order valence-corrected chi connectivity index (χ1v) is 10.5. The van der Waals surface area contributed by atoms with Gasteiger partial charge in [0.15, 0.2) is 11.5 Å². The highest BCUT2D eigenvalue weighted by molar-refractivity contribution is 9.10. The smallest absolute Gasteiger partial charge is 0.261 e. The molecule has 1 N–H and O–H groups in total. The quantitative estimate of drug-likeness (QED) is 0.600. The van der Waals surface area contributed by atoms with Crippen LogP contribution < -0.4 is 20.3 Å². The van der Waals surface area contributed by atoms with E-state index in [0.29, 0.717) is 41.3 Å². The minimum atomic E-state index is -0.328. The first-order valence-electron chi connectivity index (χ1n) is 8.47. The Hall–Kier alpha value is -2.52. The second kappa shape index (κ2) is 7.84. The lowest BCUT2D eigenvalue weighted by Crippen LogP contribution is -2.28. The molecule has 7 nitrogen and oxygen atoms in total.